The van der Waals surface area contributed by atoms with E-state index in [-0.39, 0.29) is 7.43 Å². The Morgan fingerprint density at radius 2 is 1.00 bits per heavy atom. The Morgan fingerprint density at radius 1 is 0.621 bits per heavy atom. The van der Waals surface area contributed by atoms with Gasteiger partial charge >= 0.3 is 0 Å². The summed E-state index contributed by atoms with van der Waals surface area (Å²) in [6, 6.07) is 17.6. The number of nitrogens with zero attached hydrogens (tertiary/aromatic N) is 3. The molecule has 2 aromatic carbocycles. The zero-order valence-electron chi connectivity index (χ0n) is 18.8. The molecule has 1 aliphatic rings. The van der Waals surface area contributed by atoms with Gasteiger partial charge in [0, 0.05) is 51.7 Å². The topological polar surface area (TPSA) is 9.49 Å². The van der Waals surface area contributed by atoms with Crippen LogP contribution in [0.1, 0.15) is 11.1 Å². The lowest BCUT2D eigenvalue weighted by atomic mass is 9.90. The van der Waals surface area contributed by atoms with Crippen molar-refractivity contribution < 1.29 is 4.58 Å². The van der Waals surface area contributed by atoms with Crippen LogP contribution < -0.4 is 9.80 Å². The number of anilines is 2. The molecule has 0 saturated carbocycles. The van der Waals surface area contributed by atoms with Crippen molar-refractivity contribution in [2.75, 3.05) is 52.1 Å². The number of benzene rings is 2. The first kappa shape index (κ1) is 22.2. The van der Waals surface area contributed by atoms with Crippen LogP contribution in [0.4, 0.5) is 11.4 Å². The minimum absolute atomic E-state index is 0. The third-order valence-electron chi connectivity index (χ3n) is 5.02. The summed E-state index contributed by atoms with van der Waals surface area (Å²) in [6.45, 7) is 0. The molecule has 0 amide bonds. The fraction of sp³-hybridized carbons (Fsp3) is 0.231. The van der Waals surface area contributed by atoms with E-state index in [9.17, 15) is 0 Å². The summed E-state index contributed by atoms with van der Waals surface area (Å²) in [7, 11) is 12.4. The fourth-order valence-corrected chi connectivity index (χ4v) is 3.28. The Labute approximate surface area is 176 Å². The molecule has 0 N–H and O–H groups in total. The standard InChI is InChI=1S/C25H30N3.CH3/c1-26(2)22-13-7-19(8-14-22)25(20-9-15-23(16-10-20)27(3)4)21-11-17-24(18-12-21)28(5)6;/h7-18H,1-6H3;1H3/q+1;-1. The lowest BCUT2D eigenvalue weighted by molar-refractivity contribution is -0.462. The molecule has 3 rings (SSSR count). The second-order valence-corrected chi connectivity index (χ2v) is 7.70. The molecule has 152 valence electrons. The second kappa shape index (κ2) is 9.42. The zero-order valence-corrected chi connectivity index (χ0v) is 18.8. The molecule has 0 bridgehead atoms. The van der Waals surface area contributed by atoms with Crippen molar-refractivity contribution in [1.29, 1.82) is 0 Å². The highest BCUT2D eigenvalue weighted by molar-refractivity contribution is 6.04. The van der Waals surface area contributed by atoms with Gasteiger partial charge < -0.3 is 17.2 Å². The van der Waals surface area contributed by atoms with E-state index < -0.39 is 0 Å². The van der Waals surface area contributed by atoms with Gasteiger partial charge in [0.05, 0.1) is 0 Å². The summed E-state index contributed by atoms with van der Waals surface area (Å²) in [6.07, 6.45) is 8.78. The molecule has 0 spiro atoms. The van der Waals surface area contributed by atoms with Crippen LogP contribution in [-0.4, -0.2) is 52.6 Å². The quantitative estimate of drug-likeness (QED) is 0.545. The maximum atomic E-state index is 2.21. The molecule has 0 aliphatic heterocycles. The highest BCUT2D eigenvalue weighted by atomic mass is 15.1. The van der Waals surface area contributed by atoms with Crippen LogP contribution in [0.5, 0.6) is 0 Å². The van der Waals surface area contributed by atoms with Crippen molar-refractivity contribution in [3.05, 3.63) is 97.0 Å². The van der Waals surface area contributed by atoms with Gasteiger partial charge in [0.1, 0.15) is 14.1 Å². The Kier molecular flexibility index (Phi) is 7.22. The smallest absolute Gasteiger partial charge is 0.199 e. The first-order chi connectivity index (χ1) is 13.4. The summed E-state index contributed by atoms with van der Waals surface area (Å²) in [4.78, 5) is 4.25. The largest absolute Gasteiger partial charge is 0.378 e. The molecule has 3 nitrogen and oxygen atoms in total. The monoisotopic (exact) mass is 387 g/mol. The first-order valence-electron chi connectivity index (χ1n) is 9.57. The molecule has 2 aromatic rings. The van der Waals surface area contributed by atoms with Crippen molar-refractivity contribution in [1.82, 2.24) is 0 Å². The predicted octanol–water partition coefficient (Wildman–Crippen LogP) is 4.91. The van der Waals surface area contributed by atoms with E-state index in [2.05, 4.69) is 129 Å². The summed E-state index contributed by atoms with van der Waals surface area (Å²) >= 11 is 0. The van der Waals surface area contributed by atoms with Crippen LogP contribution in [0.15, 0.2) is 78.4 Å². The molecule has 0 heterocycles. The third kappa shape index (κ3) is 5.05. The SMILES string of the molecule is CN(C)c1ccc(C(=C2C=CC(=[N+](C)C)C=C2)c2ccc(N(C)C)cc2)cc1.[CH3-]. The van der Waals surface area contributed by atoms with E-state index in [4.69, 9.17) is 0 Å². The lowest BCUT2D eigenvalue weighted by Crippen LogP contribution is -2.10. The number of rotatable bonds is 4. The lowest BCUT2D eigenvalue weighted by Gasteiger charge is -2.18. The Hall–Kier alpha value is -3.07. The van der Waals surface area contributed by atoms with Crippen LogP contribution in [0.3, 0.4) is 0 Å². The fourth-order valence-electron chi connectivity index (χ4n) is 3.28. The highest BCUT2D eigenvalue weighted by Crippen LogP contribution is 2.31. The van der Waals surface area contributed by atoms with Crippen LogP contribution in [0.2, 0.25) is 0 Å². The molecule has 0 atom stereocenters. The molecule has 1 aliphatic carbocycles. The number of hydrogen-bond acceptors (Lipinski definition) is 2. The molecule has 0 aromatic heterocycles. The van der Waals surface area contributed by atoms with Gasteiger partial charge in [-0.25, -0.2) is 4.58 Å². The summed E-state index contributed by atoms with van der Waals surface area (Å²) in [5.41, 5.74) is 8.53. The Morgan fingerprint density at radius 3 is 1.31 bits per heavy atom. The van der Waals surface area contributed by atoms with Gasteiger partial charge in [-0.2, -0.15) is 0 Å². The molecule has 0 radical (unpaired) electrons. The molecule has 0 saturated heterocycles. The van der Waals surface area contributed by atoms with Crippen LogP contribution in [0, 0.1) is 7.43 Å². The molecule has 29 heavy (non-hydrogen) atoms. The van der Waals surface area contributed by atoms with Gasteiger partial charge in [-0.3, -0.25) is 0 Å². The zero-order chi connectivity index (χ0) is 20.3. The van der Waals surface area contributed by atoms with Crippen molar-refractivity contribution in [3.8, 4) is 0 Å². The molecular formula is C26H33N3. The van der Waals surface area contributed by atoms with Gasteiger partial charge in [-0.15, -0.1) is 0 Å². The highest BCUT2D eigenvalue weighted by Gasteiger charge is 2.13. The maximum Gasteiger partial charge on any atom is 0.199 e. The third-order valence-corrected chi connectivity index (χ3v) is 5.02. The molecule has 3 heteroatoms. The molecule has 0 fully saturated rings. The van der Waals surface area contributed by atoms with E-state index in [1.54, 1.807) is 0 Å². The van der Waals surface area contributed by atoms with Gasteiger partial charge in [0.2, 0.25) is 0 Å². The first-order valence-corrected chi connectivity index (χ1v) is 9.57. The van der Waals surface area contributed by atoms with Crippen LogP contribution in [0.25, 0.3) is 5.57 Å². The van der Waals surface area contributed by atoms with Crippen molar-refractivity contribution in [3.63, 3.8) is 0 Å². The summed E-state index contributed by atoms with van der Waals surface area (Å²) < 4.78 is 2.13. The summed E-state index contributed by atoms with van der Waals surface area (Å²) in [5.74, 6) is 0. The Balaban J connectivity index is 0.00000300. The van der Waals surface area contributed by atoms with E-state index in [0.717, 1.165) is 0 Å². The van der Waals surface area contributed by atoms with Crippen LogP contribution in [-0.2, 0) is 0 Å². The van der Waals surface area contributed by atoms with E-state index >= 15 is 0 Å². The van der Waals surface area contributed by atoms with Gasteiger partial charge in [-0.1, -0.05) is 24.3 Å². The van der Waals surface area contributed by atoms with Crippen molar-refractivity contribution in [2.45, 2.75) is 0 Å². The normalized spacial score (nSPS) is 12.5. The predicted molar refractivity (Wildman–Crippen MR) is 129 cm³/mol. The Bertz CT molecular complexity index is 879. The van der Waals surface area contributed by atoms with E-state index in [0.29, 0.717) is 0 Å². The summed E-state index contributed by atoms with van der Waals surface area (Å²) in [5, 5.41) is 0. The molecular weight excluding hydrogens is 354 g/mol. The number of hydrogen-bond donors (Lipinski definition) is 0. The minimum Gasteiger partial charge on any atom is -0.378 e. The number of allylic oxidation sites excluding steroid dienone is 5. The minimum atomic E-state index is 0. The van der Waals surface area contributed by atoms with Crippen molar-refractivity contribution >= 4 is 22.7 Å². The average Bonchev–Trinajstić information content (AvgIpc) is 2.69. The van der Waals surface area contributed by atoms with E-state index in [1.807, 2.05) is 0 Å². The van der Waals surface area contributed by atoms with Gasteiger partial charge in [-0.05, 0) is 58.7 Å². The van der Waals surface area contributed by atoms with Gasteiger partial charge in [0.15, 0.2) is 5.71 Å². The van der Waals surface area contributed by atoms with E-state index in [1.165, 1.54) is 39.4 Å². The van der Waals surface area contributed by atoms with Crippen LogP contribution >= 0.6 is 0 Å². The van der Waals surface area contributed by atoms with Gasteiger partial charge in [0.25, 0.3) is 0 Å². The second-order valence-electron chi connectivity index (χ2n) is 7.70. The average molecular weight is 388 g/mol. The maximum absolute atomic E-state index is 2.21. The van der Waals surface area contributed by atoms with Crippen molar-refractivity contribution in [2.24, 2.45) is 0 Å². The molecule has 0 unspecified atom stereocenters.